The van der Waals surface area contributed by atoms with Gasteiger partial charge in [0.1, 0.15) is 30.8 Å². The molecule has 0 saturated carbocycles. The minimum Gasteiger partial charge on any atom is -0.490 e. The molecule has 0 aromatic heterocycles. The van der Waals surface area contributed by atoms with E-state index in [0.717, 1.165) is 6.07 Å². The zero-order valence-corrected chi connectivity index (χ0v) is 10.5. The van der Waals surface area contributed by atoms with Gasteiger partial charge in [-0.15, -0.1) is 0 Å². The molecule has 0 aliphatic carbocycles. The van der Waals surface area contributed by atoms with Crippen LogP contribution in [0.1, 0.15) is 17.2 Å². The molecule has 2 aromatic rings. The van der Waals surface area contributed by atoms with Gasteiger partial charge in [0.15, 0.2) is 11.6 Å². The Hall–Kier alpha value is -2.14. The number of hydrogen-bond donors (Lipinski definition) is 1. The van der Waals surface area contributed by atoms with E-state index in [9.17, 15) is 13.9 Å². The number of ether oxygens (including phenoxy) is 2. The molecule has 3 rings (SSSR count). The summed E-state index contributed by atoms with van der Waals surface area (Å²) in [5.74, 6) is -0.775. The van der Waals surface area contributed by atoms with Crippen molar-refractivity contribution < 1.29 is 23.4 Å². The van der Waals surface area contributed by atoms with E-state index in [2.05, 4.69) is 0 Å². The van der Waals surface area contributed by atoms with E-state index in [-0.39, 0.29) is 18.8 Å². The van der Waals surface area contributed by atoms with Crippen molar-refractivity contribution in [1.82, 2.24) is 0 Å². The maximum atomic E-state index is 13.5. The Morgan fingerprint density at radius 2 is 2.10 bits per heavy atom. The summed E-state index contributed by atoms with van der Waals surface area (Å²) in [6, 6.07) is 8.94. The smallest absolute Gasteiger partial charge is 0.165 e. The van der Waals surface area contributed by atoms with E-state index >= 15 is 0 Å². The van der Waals surface area contributed by atoms with Crippen LogP contribution in [0.2, 0.25) is 0 Å². The van der Waals surface area contributed by atoms with E-state index in [1.807, 2.05) is 0 Å². The lowest BCUT2D eigenvalue weighted by atomic mass is 10.1. The first kappa shape index (κ1) is 12.9. The number of rotatable bonds is 3. The van der Waals surface area contributed by atoms with Crippen LogP contribution in [0, 0.1) is 11.6 Å². The molecule has 104 valence electrons. The van der Waals surface area contributed by atoms with Gasteiger partial charge in [-0.2, -0.15) is 0 Å². The van der Waals surface area contributed by atoms with Crippen LogP contribution < -0.4 is 9.47 Å². The Kier molecular flexibility index (Phi) is 3.28. The fourth-order valence-corrected chi connectivity index (χ4v) is 2.08. The maximum absolute atomic E-state index is 13.5. The van der Waals surface area contributed by atoms with E-state index in [1.54, 1.807) is 18.2 Å². The summed E-state index contributed by atoms with van der Waals surface area (Å²) >= 11 is 0. The van der Waals surface area contributed by atoms with Crippen LogP contribution in [0.3, 0.4) is 0 Å². The zero-order chi connectivity index (χ0) is 14.1. The molecule has 0 amide bonds. The first-order valence-corrected chi connectivity index (χ1v) is 6.15. The van der Waals surface area contributed by atoms with Gasteiger partial charge in [-0.1, -0.05) is 12.1 Å². The highest BCUT2D eigenvalue weighted by atomic mass is 19.2. The third kappa shape index (κ3) is 2.32. The van der Waals surface area contributed by atoms with Crippen molar-refractivity contribution in [3.8, 4) is 11.5 Å². The quantitative estimate of drug-likeness (QED) is 0.938. The fourth-order valence-electron chi connectivity index (χ4n) is 2.08. The molecule has 1 atom stereocenters. The monoisotopic (exact) mass is 278 g/mol. The predicted octanol–water partition coefficient (Wildman–Crippen LogP) is 2.97. The molecule has 1 N–H and O–H groups in total. The number of halogens is 2. The molecule has 0 fully saturated rings. The number of fused-ring (bicyclic) bond motifs is 1. The van der Waals surface area contributed by atoms with E-state index in [0.29, 0.717) is 17.1 Å². The van der Waals surface area contributed by atoms with Crippen LogP contribution in [-0.2, 0) is 6.61 Å². The van der Waals surface area contributed by atoms with Gasteiger partial charge in [-0.05, 0) is 18.2 Å². The minimum absolute atomic E-state index is 0.0784. The molecular formula is C15H12F2O3. The molecule has 0 radical (unpaired) electrons. The second-order valence-electron chi connectivity index (χ2n) is 4.53. The summed E-state index contributed by atoms with van der Waals surface area (Å²) in [6.45, 7) is 0.141. The van der Waals surface area contributed by atoms with Crippen LogP contribution in [0.25, 0.3) is 0 Å². The normalized spacial score (nSPS) is 16.6. The van der Waals surface area contributed by atoms with Gasteiger partial charge in [0.05, 0.1) is 0 Å². The molecule has 0 saturated heterocycles. The Morgan fingerprint density at radius 3 is 2.95 bits per heavy atom. The number of hydrogen-bond acceptors (Lipinski definition) is 3. The maximum Gasteiger partial charge on any atom is 0.165 e. The van der Waals surface area contributed by atoms with Gasteiger partial charge in [0.2, 0.25) is 0 Å². The number of aliphatic hydroxyl groups excluding tert-OH is 1. The molecule has 5 heteroatoms. The molecule has 1 heterocycles. The van der Waals surface area contributed by atoms with Gasteiger partial charge in [0, 0.05) is 17.2 Å². The highest BCUT2D eigenvalue weighted by Gasteiger charge is 2.22. The van der Waals surface area contributed by atoms with Crippen LogP contribution >= 0.6 is 0 Å². The van der Waals surface area contributed by atoms with Crippen molar-refractivity contribution in [2.45, 2.75) is 12.7 Å². The van der Waals surface area contributed by atoms with Crippen molar-refractivity contribution in [3.63, 3.8) is 0 Å². The first-order valence-electron chi connectivity index (χ1n) is 6.15. The van der Waals surface area contributed by atoms with Crippen molar-refractivity contribution in [2.75, 3.05) is 6.61 Å². The predicted molar refractivity (Wildman–Crippen MR) is 67.6 cm³/mol. The average molecular weight is 278 g/mol. The van der Waals surface area contributed by atoms with E-state index < -0.39 is 17.7 Å². The fraction of sp³-hybridized carbons (Fsp3) is 0.200. The summed E-state index contributed by atoms with van der Waals surface area (Å²) < 4.78 is 37.2. The summed E-state index contributed by atoms with van der Waals surface area (Å²) in [5, 5.41) is 9.59. The Morgan fingerprint density at radius 1 is 1.25 bits per heavy atom. The van der Waals surface area contributed by atoms with Crippen LogP contribution in [-0.4, -0.2) is 11.7 Å². The van der Waals surface area contributed by atoms with E-state index in [1.165, 1.54) is 12.1 Å². The van der Waals surface area contributed by atoms with Gasteiger partial charge >= 0.3 is 0 Å². The molecule has 20 heavy (non-hydrogen) atoms. The Bertz CT molecular complexity index is 643. The topological polar surface area (TPSA) is 38.7 Å². The second-order valence-corrected chi connectivity index (χ2v) is 4.53. The Balaban J connectivity index is 1.74. The Labute approximate surface area is 114 Å². The highest BCUT2D eigenvalue weighted by molar-refractivity contribution is 5.44. The molecule has 2 aromatic carbocycles. The highest BCUT2D eigenvalue weighted by Crippen LogP contribution is 2.35. The van der Waals surface area contributed by atoms with Crippen LogP contribution in [0.4, 0.5) is 8.78 Å². The van der Waals surface area contributed by atoms with E-state index in [4.69, 9.17) is 9.47 Å². The summed E-state index contributed by atoms with van der Waals surface area (Å²) in [6.07, 6.45) is -0.625. The molecule has 0 bridgehead atoms. The summed E-state index contributed by atoms with van der Waals surface area (Å²) in [5.41, 5.74) is 0.848. The van der Waals surface area contributed by atoms with Gasteiger partial charge in [0.25, 0.3) is 0 Å². The SMILES string of the molecule is OC1COc2cc(OCc3cccc(F)c3F)ccc21. The largest absolute Gasteiger partial charge is 0.490 e. The third-order valence-corrected chi connectivity index (χ3v) is 3.17. The molecule has 1 aliphatic rings. The molecule has 0 spiro atoms. The molecule has 1 aliphatic heterocycles. The first-order chi connectivity index (χ1) is 9.65. The summed E-state index contributed by atoms with van der Waals surface area (Å²) in [4.78, 5) is 0. The lowest BCUT2D eigenvalue weighted by Crippen LogP contribution is -2.00. The van der Waals surface area contributed by atoms with Gasteiger partial charge in [-0.25, -0.2) is 8.78 Å². The lowest BCUT2D eigenvalue weighted by Gasteiger charge is -2.09. The average Bonchev–Trinajstić information content (AvgIpc) is 2.82. The summed E-state index contributed by atoms with van der Waals surface area (Å²) in [7, 11) is 0. The number of aliphatic hydroxyl groups is 1. The lowest BCUT2D eigenvalue weighted by molar-refractivity contribution is 0.140. The minimum atomic E-state index is -0.902. The van der Waals surface area contributed by atoms with Crippen LogP contribution in [0.5, 0.6) is 11.5 Å². The number of benzene rings is 2. The molecule has 3 nitrogen and oxygen atoms in total. The van der Waals surface area contributed by atoms with Crippen molar-refractivity contribution in [1.29, 1.82) is 0 Å². The van der Waals surface area contributed by atoms with Crippen LogP contribution in [0.15, 0.2) is 36.4 Å². The van der Waals surface area contributed by atoms with Crippen molar-refractivity contribution in [2.24, 2.45) is 0 Å². The molecule has 1 unspecified atom stereocenters. The zero-order valence-electron chi connectivity index (χ0n) is 10.5. The van der Waals surface area contributed by atoms with Gasteiger partial charge < -0.3 is 14.6 Å². The van der Waals surface area contributed by atoms with Crippen molar-refractivity contribution >= 4 is 0 Å². The second kappa shape index (κ2) is 5.09. The van der Waals surface area contributed by atoms with Crippen molar-refractivity contribution in [3.05, 3.63) is 59.2 Å². The van der Waals surface area contributed by atoms with Gasteiger partial charge in [-0.3, -0.25) is 0 Å². The standard InChI is InChI=1S/C15H12F2O3/c16-12-3-1-2-9(15(12)17)7-19-10-4-5-11-13(18)8-20-14(11)6-10/h1-6,13,18H,7-8H2. The molecular weight excluding hydrogens is 266 g/mol. The third-order valence-electron chi connectivity index (χ3n) is 3.17.